The molecule has 122 valence electrons. The van der Waals surface area contributed by atoms with E-state index in [2.05, 4.69) is 20.5 Å². The summed E-state index contributed by atoms with van der Waals surface area (Å²) >= 11 is 1.28. The van der Waals surface area contributed by atoms with Crippen LogP contribution in [-0.2, 0) is 14.3 Å². The summed E-state index contributed by atoms with van der Waals surface area (Å²) in [6.45, 7) is 4.15. The largest absolute Gasteiger partial charge is 0.383 e. The number of H-pyrrole nitrogens is 1. The Kier molecular flexibility index (Phi) is 6.20. The van der Waals surface area contributed by atoms with E-state index in [1.54, 1.807) is 12.0 Å². The van der Waals surface area contributed by atoms with Gasteiger partial charge in [0.15, 0.2) is 0 Å². The molecule has 0 aliphatic carbocycles. The average molecular weight is 327 g/mol. The Morgan fingerprint density at radius 3 is 3.09 bits per heavy atom. The van der Waals surface area contributed by atoms with Gasteiger partial charge in [-0.1, -0.05) is 11.8 Å². The van der Waals surface area contributed by atoms with Crippen molar-refractivity contribution in [2.24, 2.45) is 5.92 Å². The zero-order valence-electron chi connectivity index (χ0n) is 12.8. The smallest absolute Gasteiger partial charge is 0.230 e. The number of nitrogens with zero attached hydrogens (tertiary/aromatic N) is 3. The minimum Gasteiger partial charge on any atom is -0.383 e. The van der Waals surface area contributed by atoms with Crippen LogP contribution in [0.4, 0.5) is 0 Å². The molecule has 9 heteroatoms. The normalized spacial score (nSPS) is 18.0. The van der Waals surface area contributed by atoms with Crippen molar-refractivity contribution in [2.75, 3.05) is 39.1 Å². The highest BCUT2D eigenvalue weighted by molar-refractivity contribution is 7.99. The predicted molar refractivity (Wildman–Crippen MR) is 81.4 cm³/mol. The molecule has 2 heterocycles. The summed E-state index contributed by atoms with van der Waals surface area (Å²) in [6.07, 6.45) is 0.483. The zero-order valence-corrected chi connectivity index (χ0v) is 13.6. The summed E-state index contributed by atoms with van der Waals surface area (Å²) in [7, 11) is 1.62. The monoisotopic (exact) mass is 327 g/mol. The van der Waals surface area contributed by atoms with E-state index in [1.165, 1.54) is 11.8 Å². The minimum absolute atomic E-state index is 0.0738. The topological polar surface area (TPSA) is 100 Å². The molecule has 0 spiro atoms. The van der Waals surface area contributed by atoms with Crippen LogP contribution in [-0.4, -0.2) is 71.0 Å². The van der Waals surface area contributed by atoms with Gasteiger partial charge in [-0.2, -0.15) is 0 Å². The summed E-state index contributed by atoms with van der Waals surface area (Å²) in [5, 5.41) is 10.1. The van der Waals surface area contributed by atoms with E-state index in [-0.39, 0.29) is 23.5 Å². The highest BCUT2D eigenvalue weighted by Gasteiger charge is 2.29. The van der Waals surface area contributed by atoms with Crippen LogP contribution in [0, 0.1) is 12.8 Å². The van der Waals surface area contributed by atoms with E-state index in [1.807, 2.05) is 6.92 Å². The molecule has 1 aliphatic rings. The third-order valence-electron chi connectivity index (χ3n) is 3.36. The van der Waals surface area contributed by atoms with Gasteiger partial charge in [-0.3, -0.25) is 14.7 Å². The Morgan fingerprint density at radius 1 is 1.59 bits per heavy atom. The first-order chi connectivity index (χ1) is 10.6. The quantitative estimate of drug-likeness (QED) is 0.642. The van der Waals surface area contributed by atoms with Gasteiger partial charge >= 0.3 is 0 Å². The van der Waals surface area contributed by atoms with Crippen LogP contribution in [0.15, 0.2) is 5.16 Å². The number of hydrogen-bond donors (Lipinski definition) is 2. The Labute approximate surface area is 133 Å². The molecular formula is C13H21N5O3S. The maximum atomic E-state index is 11.8. The number of aromatic nitrogens is 3. The number of amides is 2. The number of methoxy groups -OCH3 is 1. The second-order valence-electron chi connectivity index (χ2n) is 5.20. The third kappa shape index (κ3) is 4.99. The molecule has 1 atom stereocenters. The molecule has 0 aromatic carbocycles. The molecule has 2 rings (SSSR count). The van der Waals surface area contributed by atoms with Gasteiger partial charge in [-0.05, 0) is 6.92 Å². The summed E-state index contributed by atoms with van der Waals surface area (Å²) in [5.74, 6) is 1.22. The van der Waals surface area contributed by atoms with Crippen molar-refractivity contribution >= 4 is 23.6 Å². The molecule has 2 amide bonds. The summed E-state index contributed by atoms with van der Waals surface area (Å²) in [4.78, 5) is 29.5. The fraction of sp³-hybridized carbons (Fsp3) is 0.692. The molecule has 22 heavy (non-hydrogen) atoms. The molecule has 1 saturated heterocycles. The zero-order chi connectivity index (χ0) is 15.9. The number of carbonyl (C=O) groups is 2. The van der Waals surface area contributed by atoms with Gasteiger partial charge in [0, 0.05) is 39.1 Å². The maximum Gasteiger partial charge on any atom is 0.230 e. The van der Waals surface area contributed by atoms with E-state index < -0.39 is 0 Å². The Hall–Kier alpha value is -1.61. The fourth-order valence-electron chi connectivity index (χ4n) is 2.23. The lowest BCUT2D eigenvalue weighted by atomic mass is 10.1. The van der Waals surface area contributed by atoms with E-state index in [4.69, 9.17) is 4.74 Å². The molecule has 8 nitrogen and oxygen atoms in total. The molecule has 1 fully saturated rings. The molecule has 0 unspecified atom stereocenters. The van der Waals surface area contributed by atoms with Crippen molar-refractivity contribution < 1.29 is 14.3 Å². The molecule has 0 bridgehead atoms. The second kappa shape index (κ2) is 8.14. The van der Waals surface area contributed by atoms with Gasteiger partial charge in [0.25, 0.3) is 0 Å². The number of hydrogen-bond acceptors (Lipinski definition) is 6. The lowest BCUT2D eigenvalue weighted by Gasteiger charge is -2.16. The van der Waals surface area contributed by atoms with Crippen LogP contribution in [0.1, 0.15) is 12.2 Å². The SMILES string of the molecule is COCCN1C[C@@H](CNC(=O)CSc2n[nH]c(C)n2)CC1=O. The standard InChI is InChI=1S/C13H21N5O3S/c1-9-15-13(17-16-9)22-8-11(19)14-6-10-5-12(20)18(7-10)3-4-21-2/h10H,3-8H2,1-2H3,(H,14,19)(H,15,16,17)/t10-/m1/s1. The number of rotatable bonds is 8. The van der Waals surface area contributed by atoms with E-state index in [9.17, 15) is 9.59 Å². The Morgan fingerprint density at radius 2 is 2.41 bits per heavy atom. The number of ether oxygens (including phenoxy) is 1. The number of aromatic amines is 1. The van der Waals surface area contributed by atoms with Gasteiger partial charge < -0.3 is 15.0 Å². The van der Waals surface area contributed by atoms with Crippen molar-refractivity contribution in [1.29, 1.82) is 0 Å². The van der Waals surface area contributed by atoms with Crippen molar-refractivity contribution in [2.45, 2.75) is 18.5 Å². The van der Waals surface area contributed by atoms with Crippen molar-refractivity contribution in [3.8, 4) is 0 Å². The van der Waals surface area contributed by atoms with E-state index >= 15 is 0 Å². The number of likely N-dealkylation sites (tertiary alicyclic amines) is 1. The van der Waals surface area contributed by atoms with E-state index in [0.717, 1.165) is 5.82 Å². The van der Waals surface area contributed by atoms with Crippen molar-refractivity contribution in [3.05, 3.63) is 5.82 Å². The summed E-state index contributed by atoms with van der Waals surface area (Å²) in [5.41, 5.74) is 0. The van der Waals surface area contributed by atoms with Crippen LogP contribution < -0.4 is 5.32 Å². The number of nitrogens with one attached hydrogen (secondary N) is 2. The van der Waals surface area contributed by atoms with Gasteiger partial charge in [0.05, 0.1) is 12.4 Å². The van der Waals surface area contributed by atoms with Gasteiger partial charge in [0.1, 0.15) is 5.82 Å². The number of carbonyl (C=O) groups excluding carboxylic acids is 2. The van der Waals surface area contributed by atoms with E-state index in [0.29, 0.717) is 37.8 Å². The lowest BCUT2D eigenvalue weighted by molar-refractivity contribution is -0.128. The van der Waals surface area contributed by atoms with Crippen LogP contribution in [0.25, 0.3) is 0 Å². The molecule has 0 radical (unpaired) electrons. The summed E-state index contributed by atoms with van der Waals surface area (Å²) < 4.78 is 4.98. The predicted octanol–water partition coefficient (Wildman–Crippen LogP) is -0.184. The molecule has 1 aromatic heterocycles. The second-order valence-corrected chi connectivity index (χ2v) is 6.14. The van der Waals surface area contributed by atoms with Crippen LogP contribution >= 0.6 is 11.8 Å². The molecular weight excluding hydrogens is 306 g/mol. The lowest BCUT2D eigenvalue weighted by Crippen LogP contribution is -2.33. The average Bonchev–Trinajstić information content (AvgIpc) is 3.06. The van der Waals surface area contributed by atoms with Gasteiger partial charge in [0.2, 0.25) is 17.0 Å². The van der Waals surface area contributed by atoms with Crippen molar-refractivity contribution in [3.63, 3.8) is 0 Å². The third-order valence-corrected chi connectivity index (χ3v) is 4.20. The maximum absolute atomic E-state index is 11.8. The summed E-state index contributed by atoms with van der Waals surface area (Å²) in [6, 6.07) is 0. The molecule has 1 aliphatic heterocycles. The van der Waals surface area contributed by atoms with Gasteiger partial charge in [-0.15, -0.1) is 5.10 Å². The van der Waals surface area contributed by atoms with Crippen LogP contribution in [0.2, 0.25) is 0 Å². The minimum atomic E-state index is -0.0738. The first kappa shape index (κ1) is 16.8. The molecule has 2 N–H and O–H groups in total. The van der Waals surface area contributed by atoms with Crippen LogP contribution in [0.3, 0.4) is 0 Å². The van der Waals surface area contributed by atoms with Crippen molar-refractivity contribution in [1.82, 2.24) is 25.4 Å². The highest BCUT2D eigenvalue weighted by Crippen LogP contribution is 2.17. The number of aryl methyl sites for hydroxylation is 1. The number of thioether (sulfide) groups is 1. The van der Waals surface area contributed by atoms with Crippen LogP contribution in [0.5, 0.6) is 0 Å². The van der Waals surface area contributed by atoms with Gasteiger partial charge in [-0.25, -0.2) is 4.98 Å². The Bertz CT molecular complexity index is 522. The fourth-order valence-corrected chi connectivity index (χ4v) is 2.91. The first-order valence-electron chi connectivity index (χ1n) is 7.13. The molecule has 1 aromatic rings. The first-order valence-corrected chi connectivity index (χ1v) is 8.12. The highest BCUT2D eigenvalue weighted by atomic mass is 32.2. The Balaban J connectivity index is 1.65. The molecule has 0 saturated carbocycles.